The first-order valence-corrected chi connectivity index (χ1v) is 7.15. The Kier molecular flexibility index (Phi) is 3.92. The third-order valence-corrected chi connectivity index (χ3v) is 4.04. The second-order valence-electron chi connectivity index (χ2n) is 3.64. The standard InChI is InChI=1S/C12H11ClN2O3S/c1-18-12-3-2-10(8-11(12)13)19(16,17)15-9-4-6-14-7-5-9/h2-8H,1H3,(H,14,15). The summed E-state index contributed by atoms with van der Waals surface area (Å²) in [6.45, 7) is 0. The highest BCUT2D eigenvalue weighted by atomic mass is 35.5. The van der Waals surface area contributed by atoms with E-state index in [4.69, 9.17) is 16.3 Å². The van der Waals surface area contributed by atoms with Gasteiger partial charge in [-0.25, -0.2) is 8.42 Å². The molecule has 0 unspecified atom stereocenters. The summed E-state index contributed by atoms with van der Waals surface area (Å²) in [6, 6.07) is 7.38. The average molecular weight is 299 g/mol. The number of benzene rings is 1. The molecule has 19 heavy (non-hydrogen) atoms. The highest BCUT2D eigenvalue weighted by Crippen LogP contribution is 2.27. The van der Waals surface area contributed by atoms with Gasteiger partial charge in [0, 0.05) is 12.4 Å². The normalized spacial score (nSPS) is 11.1. The summed E-state index contributed by atoms with van der Waals surface area (Å²) in [5, 5.41) is 0.236. The molecule has 0 aliphatic heterocycles. The Balaban J connectivity index is 2.32. The van der Waals surface area contributed by atoms with Gasteiger partial charge in [-0.15, -0.1) is 0 Å². The van der Waals surface area contributed by atoms with Gasteiger partial charge in [0.2, 0.25) is 0 Å². The van der Waals surface area contributed by atoms with Crippen molar-refractivity contribution in [1.29, 1.82) is 0 Å². The minimum absolute atomic E-state index is 0.0649. The van der Waals surface area contributed by atoms with Crippen molar-refractivity contribution in [3.8, 4) is 5.75 Å². The molecule has 0 aliphatic carbocycles. The predicted molar refractivity (Wildman–Crippen MR) is 73.0 cm³/mol. The Hall–Kier alpha value is -1.79. The van der Waals surface area contributed by atoms with Crippen LogP contribution in [-0.4, -0.2) is 20.5 Å². The quantitative estimate of drug-likeness (QED) is 0.942. The van der Waals surface area contributed by atoms with Gasteiger partial charge in [0.15, 0.2) is 0 Å². The number of nitrogens with zero attached hydrogens (tertiary/aromatic N) is 1. The van der Waals surface area contributed by atoms with E-state index in [0.29, 0.717) is 11.4 Å². The first kappa shape index (κ1) is 13.6. The Morgan fingerprint density at radius 3 is 2.47 bits per heavy atom. The van der Waals surface area contributed by atoms with E-state index in [-0.39, 0.29) is 9.92 Å². The number of nitrogens with one attached hydrogen (secondary N) is 1. The molecule has 100 valence electrons. The Bertz CT molecular complexity index is 675. The van der Waals surface area contributed by atoms with E-state index in [2.05, 4.69) is 9.71 Å². The van der Waals surface area contributed by atoms with Crippen LogP contribution in [0.2, 0.25) is 5.02 Å². The van der Waals surface area contributed by atoms with Crippen molar-refractivity contribution in [2.24, 2.45) is 0 Å². The van der Waals surface area contributed by atoms with Crippen LogP contribution < -0.4 is 9.46 Å². The maximum atomic E-state index is 12.1. The topological polar surface area (TPSA) is 68.3 Å². The first-order valence-electron chi connectivity index (χ1n) is 5.29. The van der Waals surface area contributed by atoms with Gasteiger partial charge >= 0.3 is 0 Å². The summed E-state index contributed by atoms with van der Waals surface area (Å²) in [6.07, 6.45) is 3.00. The first-order chi connectivity index (χ1) is 9.03. The number of hydrogen-bond acceptors (Lipinski definition) is 4. The molecule has 0 saturated heterocycles. The summed E-state index contributed by atoms with van der Waals surface area (Å²) in [5.74, 6) is 0.421. The van der Waals surface area contributed by atoms with E-state index in [1.54, 1.807) is 12.1 Å². The van der Waals surface area contributed by atoms with Crippen molar-refractivity contribution >= 4 is 27.3 Å². The fourth-order valence-electron chi connectivity index (χ4n) is 1.45. The van der Waals surface area contributed by atoms with Gasteiger partial charge in [0.25, 0.3) is 10.0 Å². The molecular weight excluding hydrogens is 288 g/mol. The number of rotatable bonds is 4. The molecule has 0 bridgehead atoms. The lowest BCUT2D eigenvalue weighted by atomic mass is 10.3. The van der Waals surface area contributed by atoms with Crippen molar-refractivity contribution in [2.75, 3.05) is 11.8 Å². The van der Waals surface area contributed by atoms with Crippen LogP contribution in [0.1, 0.15) is 0 Å². The zero-order valence-electron chi connectivity index (χ0n) is 10.00. The van der Waals surface area contributed by atoms with E-state index < -0.39 is 10.0 Å². The molecule has 0 atom stereocenters. The summed E-state index contributed by atoms with van der Waals surface area (Å²) >= 11 is 5.91. The van der Waals surface area contributed by atoms with Crippen molar-refractivity contribution in [3.63, 3.8) is 0 Å². The Morgan fingerprint density at radius 2 is 1.89 bits per heavy atom. The number of aromatic nitrogens is 1. The zero-order chi connectivity index (χ0) is 13.9. The van der Waals surface area contributed by atoms with Crippen LogP contribution in [0.4, 0.5) is 5.69 Å². The second-order valence-corrected chi connectivity index (χ2v) is 5.73. The third-order valence-electron chi connectivity index (χ3n) is 2.37. The van der Waals surface area contributed by atoms with Crippen LogP contribution in [0, 0.1) is 0 Å². The second kappa shape index (κ2) is 5.46. The fraction of sp³-hybridized carbons (Fsp3) is 0.0833. The molecular formula is C12H11ClN2O3S. The molecule has 1 aromatic heterocycles. The van der Waals surface area contributed by atoms with Gasteiger partial charge in [-0.05, 0) is 30.3 Å². The lowest BCUT2D eigenvalue weighted by molar-refractivity contribution is 0.414. The zero-order valence-corrected chi connectivity index (χ0v) is 11.6. The summed E-state index contributed by atoms with van der Waals surface area (Å²) < 4.78 is 31.7. The molecule has 1 N–H and O–H groups in total. The monoisotopic (exact) mass is 298 g/mol. The minimum Gasteiger partial charge on any atom is -0.495 e. The lowest BCUT2D eigenvalue weighted by Crippen LogP contribution is -2.12. The van der Waals surface area contributed by atoms with Crippen LogP contribution in [0.25, 0.3) is 0 Å². The predicted octanol–water partition coefficient (Wildman–Crippen LogP) is 2.54. The van der Waals surface area contributed by atoms with Gasteiger partial charge in [-0.2, -0.15) is 0 Å². The van der Waals surface area contributed by atoms with Crippen LogP contribution in [0.15, 0.2) is 47.6 Å². The van der Waals surface area contributed by atoms with Gasteiger partial charge in [-0.3, -0.25) is 9.71 Å². The van der Waals surface area contributed by atoms with Gasteiger partial charge < -0.3 is 4.74 Å². The smallest absolute Gasteiger partial charge is 0.261 e. The van der Waals surface area contributed by atoms with Crippen molar-refractivity contribution < 1.29 is 13.2 Å². The Morgan fingerprint density at radius 1 is 1.21 bits per heavy atom. The number of ether oxygens (including phenoxy) is 1. The molecule has 0 saturated carbocycles. The molecule has 7 heteroatoms. The molecule has 2 aromatic rings. The molecule has 5 nitrogen and oxygen atoms in total. The molecule has 0 amide bonds. The van der Waals surface area contributed by atoms with Gasteiger partial charge in [-0.1, -0.05) is 11.6 Å². The van der Waals surface area contributed by atoms with Crippen LogP contribution in [-0.2, 0) is 10.0 Å². The summed E-state index contributed by atoms with van der Waals surface area (Å²) in [4.78, 5) is 3.88. The number of halogens is 1. The molecule has 0 radical (unpaired) electrons. The SMILES string of the molecule is COc1ccc(S(=O)(=O)Nc2ccncc2)cc1Cl. The maximum Gasteiger partial charge on any atom is 0.261 e. The number of methoxy groups -OCH3 is 1. The molecule has 0 spiro atoms. The molecule has 0 fully saturated rings. The van der Waals surface area contributed by atoms with Crippen LogP contribution in [0.5, 0.6) is 5.75 Å². The van der Waals surface area contributed by atoms with E-state index in [1.807, 2.05) is 0 Å². The summed E-state index contributed by atoms with van der Waals surface area (Å²) in [7, 11) is -2.22. The van der Waals surface area contributed by atoms with Crippen molar-refractivity contribution in [1.82, 2.24) is 4.98 Å². The van der Waals surface area contributed by atoms with Crippen molar-refractivity contribution in [3.05, 3.63) is 47.7 Å². The maximum absolute atomic E-state index is 12.1. The molecule has 1 heterocycles. The van der Waals surface area contributed by atoms with E-state index in [1.165, 1.54) is 37.7 Å². The van der Waals surface area contributed by atoms with E-state index in [9.17, 15) is 8.42 Å². The Labute approximate surface area is 116 Å². The largest absolute Gasteiger partial charge is 0.495 e. The highest BCUT2D eigenvalue weighted by molar-refractivity contribution is 7.92. The number of sulfonamides is 1. The number of hydrogen-bond donors (Lipinski definition) is 1. The van der Waals surface area contributed by atoms with Crippen LogP contribution >= 0.6 is 11.6 Å². The lowest BCUT2D eigenvalue weighted by Gasteiger charge is -2.09. The van der Waals surface area contributed by atoms with E-state index in [0.717, 1.165) is 0 Å². The number of pyridine rings is 1. The fourth-order valence-corrected chi connectivity index (χ4v) is 2.86. The minimum atomic E-state index is -3.68. The van der Waals surface area contributed by atoms with E-state index >= 15 is 0 Å². The van der Waals surface area contributed by atoms with Crippen LogP contribution in [0.3, 0.4) is 0 Å². The molecule has 2 rings (SSSR count). The highest BCUT2D eigenvalue weighted by Gasteiger charge is 2.16. The summed E-state index contributed by atoms with van der Waals surface area (Å²) in [5.41, 5.74) is 0.432. The van der Waals surface area contributed by atoms with Gasteiger partial charge in [0.05, 0.1) is 22.7 Å². The van der Waals surface area contributed by atoms with Crippen molar-refractivity contribution in [2.45, 2.75) is 4.90 Å². The molecule has 1 aromatic carbocycles. The molecule has 0 aliphatic rings. The number of anilines is 1. The average Bonchev–Trinajstić information content (AvgIpc) is 2.39. The van der Waals surface area contributed by atoms with Gasteiger partial charge in [0.1, 0.15) is 5.75 Å². The third kappa shape index (κ3) is 3.15.